The van der Waals surface area contributed by atoms with E-state index in [2.05, 4.69) is 11.8 Å². The lowest BCUT2D eigenvalue weighted by atomic mass is 9.98. The maximum absolute atomic E-state index is 10.2. The quantitative estimate of drug-likeness (QED) is 0.887. The van der Waals surface area contributed by atoms with Crippen molar-refractivity contribution in [3.05, 3.63) is 23.4 Å². The fourth-order valence-electron chi connectivity index (χ4n) is 2.76. The molecule has 1 aliphatic rings. The number of aliphatic hydroxyl groups is 2. The number of hydrogen-bond acceptors (Lipinski definition) is 4. The van der Waals surface area contributed by atoms with Gasteiger partial charge in [0.2, 0.25) is 0 Å². The summed E-state index contributed by atoms with van der Waals surface area (Å²) in [6, 6.07) is 3.96. The van der Waals surface area contributed by atoms with Crippen molar-refractivity contribution in [3.8, 4) is 0 Å². The molecule has 0 spiro atoms. The summed E-state index contributed by atoms with van der Waals surface area (Å²) in [7, 11) is 0. The van der Waals surface area contributed by atoms with Crippen molar-refractivity contribution in [1.82, 2.24) is 4.98 Å². The monoisotopic (exact) mass is 278 g/mol. The minimum absolute atomic E-state index is 0.0534. The molecule has 1 unspecified atom stereocenters. The van der Waals surface area contributed by atoms with Crippen LogP contribution >= 0.6 is 0 Å². The van der Waals surface area contributed by atoms with Gasteiger partial charge in [-0.2, -0.15) is 0 Å². The zero-order valence-electron chi connectivity index (χ0n) is 12.6. The van der Waals surface area contributed by atoms with E-state index in [1.54, 1.807) is 0 Å². The van der Waals surface area contributed by atoms with Crippen molar-refractivity contribution < 1.29 is 10.2 Å². The highest BCUT2D eigenvalue weighted by atomic mass is 16.3. The molecular formula is C16H26N2O2. The maximum atomic E-state index is 10.2. The standard InChI is InChI=1S/C16H26N2O2/c1-3-5-14-10-13(12-19)11-15(17-14)18-8-4-6-16(2,20)7-9-18/h10-11,19-20H,3-9,12H2,1-2H3. The summed E-state index contributed by atoms with van der Waals surface area (Å²) in [4.78, 5) is 6.95. The molecule has 0 saturated carbocycles. The SMILES string of the molecule is CCCc1cc(CO)cc(N2CCCC(C)(O)CC2)n1. The second kappa shape index (κ2) is 6.55. The Labute approximate surface area is 121 Å². The number of rotatable bonds is 4. The first-order valence-electron chi connectivity index (χ1n) is 7.62. The molecule has 0 aliphatic carbocycles. The van der Waals surface area contributed by atoms with Gasteiger partial charge in [0.15, 0.2) is 0 Å². The summed E-state index contributed by atoms with van der Waals surface area (Å²) in [6.07, 6.45) is 4.57. The summed E-state index contributed by atoms with van der Waals surface area (Å²) in [6.45, 7) is 5.84. The summed E-state index contributed by atoms with van der Waals surface area (Å²) in [5, 5.41) is 19.6. The molecule has 1 saturated heterocycles. The second-order valence-corrected chi connectivity index (χ2v) is 6.07. The van der Waals surface area contributed by atoms with Gasteiger partial charge >= 0.3 is 0 Å². The predicted molar refractivity (Wildman–Crippen MR) is 80.8 cm³/mol. The lowest BCUT2D eigenvalue weighted by Crippen LogP contribution is -2.29. The van der Waals surface area contributed by atoms with Gasteiger partial charge in [0.05, 0.1) is 12.2 Å². The molecule has 1 aromatic rings. The third kappa shape index (κ3) is 3.93. The van der Waals surface area contributed by atoms with E-state index in [4.69, 9.17) is 4.98 Å². The lowest BCUT2D eigenvalue weighted by Gasteiger charge is -2.24. The van der Waals surface area contributed by atoms with Gasteiger partial charge in [-0.3, -0.25) is 0 Å². The van der Waals surface area contributed by atoms with Gasteiger partial charge in [0.1, 0.15) is 5.82 Å². The number of nitrogens with zero attached hydrogens (tertiary/aromatic N) is 2. The molecule has 2 rings (SSSR count). The molecule has 4 nitrogen and oxygen atoms in total. The fraction of sp³-hybridized carbons (Fsp3) is 0.688. The third-order valence-electron chi connectivity index (χ3n) is 4.00. The van der Waals surface area contributed by atoms with Crippen LogP contribution in [0.2, 0.25) is 0 Å². The summed E-state index contributed by atoms with van der Waals surface area (Å²) >= 11 is 0. The van der Waals surface area contributed by atoms with Crippen LogP contribution in [0.25, 0.3) is 0 Å². The van der Waals surface area contributed by atoms with Crippen molar-refractivity contribution in [2.45, 2.75) is 58.2 Å². The molecule has 0 bridgehead atoms. The Hall–Kier alpha value is -1.13. The molecular weight excluding hydrogens is 252 g/mol. The smallest absolute Gasteiger partial charge is 0.129 e. The highest BCUT2D eigenvalue weighted by Crippen LogP contribution is 2.25. The molecule has 112 valence electrons. The molecule has 2 N–H and O–H groups in total. The minimum atomic E-state index is -0.560. The van der Waals surface area contributed by atoms with E-state index in [1.807, 2.05) is 19.1 Å². The van der Waals surface area contributed by atoms with Crippen molar-refractivity contribution in [2.24, 2.45) is 0 Å². The van der Waals surface area contributed by atoms with Gasteiger partial charge in [0.25, 0.3) is 0 Å². The zero-order valence-corrected chi connectivity index (χ0v) is 12.6. The largest absolute Gasteiger partial charge is 0.392 e. The zero-order chi connectivity index (χ0) is 14.6. The van der Waals surface area contributed by atoms with Crippen LogP contribution in [0.5, 0.6) is 0 Å². The van der Waals surface area contributed by atoms with Crippen LogP contribution in [-0.4, -0.2) is 33.9 Å². The minimum Gasteiger partial charge on any atom is -0.392 e. The Morgan fingerprint density at radius 3 is 2.80 bits per heavy atom. The number of hydrogen-bond donors (Lipinski definition) is 2. The molecule has 20 heavy (non-hydrogen) atoms. The predicted octanol–water partition coefficient (Wildman–Crippen LogP) is 2.27. The van der Waals surface area contributed by atoms with E-state index >= 15 is 0 Å². The Morgan fingerprint density at radius 1 is 1.30 bits per heavy atom. The van der Waals surface area contributed by atoms with Gasteiger partial charge in [-0.05, 0) is 50.3 Å². The average molecular weight is 278 g/mol. The van der Waals surface area contributed by atoms with Gasteiger partial charge < -0.3 is 15.1 Å². The maximum Gasteiger partial charge on any atom is 0.129 e. The van der Waals surface area contributed by atoms with E-state index in [-0.39, 0.29) is 6.61 Å². The van der Waals surface area contributed by atoms with Crippen molar-refractivity contribution in [2.75, 3.05) is 18.0 Å². The molecule has 1 aliphatic heterocycles. The second-order valence-electron chi connectivity index (χ2n) is 6.07. The number of anilines is 1. The molecule has 2 heterocycles. The number of aliphatic hydroxyl groups excluding tert-OH is 1. The number of aryl methyl sites for hydroxylation is 1. The van der Waals surface area contributed by atoms with E-state index < -0.39 is 5.60 Å². The van der Waals surface area contributed by atoms with Crippen molar-refractivity contribution in [3.63, 3.8) is 0 Å². The first-order valence-corrected chi connectivity index (χ1v) is 7.62. The van der Waals surface area contributed by atoms with Gasteiger partial charge in [-0.1, -0.05) is 13.3 Å². The topological polar surface area (TPSA) is 56.6 Å². The average Bonchev–Trinajstić information content (AvgIpc) is 2.59. The molecule has 1 aromatic heterocycles. The van der Waals surface area contributed by atoms with Gasteiger partial charge in [0, 0.05) is 18.8 Å². The van der Waals surface area contributed by atoms with Crippen LogP contribution in [0.15, 0.2) is 12.1 Å². The normalized spacial score (nSPS) is 23.7. The van der Waals surface area contributed by atoms with Crippen molar-refractivity contribution in [1.29, 1.82) is 0 Å². The highest BCUT2D eigenvalue weighted by Gasteiger charge is 2.25. The fourth-order valence-corrected chi connectivity index (χ4v) is 2.76. The Balaban J connectivity index is 2.20. The highest BCUT2D eigenvalue weighted by molar-refractivity contribution is 5.43. The molecule has 1 atom stereocenters. The first-order chi connectivity index (χ1) is 9.54. The molecule has 1 fully saturated rings. The molecule has 0 amide bonds. The van der Waals surface area contributed by atoms with Crippen LogP contribution in [-0.2, 0) is 13.0 Å². The van der Waals surface area contributed by atoms with E-state index in [9.17, 15) is 10.2 Å². The first kappa shape index (κ1) is 15.3. The summed E-state index contributed by atoms with van der Waals surface area (Å²) < 4.78 is 0. The van der Waals surface area contributed by atoms with Crippen LogP contribution in [0.1, 0.15) is 50.8 Å². The van der Waals surface area contributed by atoms with E-state index in [0.29, 0.717) is 0 Å². The Kier molecular flexibility index (Phi) is 5.00. The summed E-state index contributed by atoms with van der Waals surface area (Å²) in [5.41, 5.74) is 1.41. The van der Waals surface area contributed by atoms with E-state index in [0.717, 1.165) is 62.3 Å². The van der Waals surface area contributed by atoms with Crippen LogP contribution < -0.4 is 4.90 Å². The summed E-state index contributed by atoms with van der Waals surface area (Å²) in [5.74, 6) is 0.942. The lowest BCUT2D eigenvalue weighted by molar-refractivity contribution is 0.0481. The van der Waals surface area contributed by atoms with Gasteiger partial charge in [-0.25, -0.2) is 4.98 Å². The van der Waals surface area contributed by atoms with Crippen LogP contribution in [0, 0.1) is 0 Å². The van der Waals surface area contributed by atoms with Crippen LogP contribution in [0.4, 0.5) is 5.82 Å². The number of pyridine rings is 1. The van der Waals surface area contributed by atoms with Crippen LogP contribution in [0.3, 0.4) is 0 Å². The Bertz CT molecular complexity index is 446. The Morgan fingerprint density at radius 2 is 2.10 bits per heavy atom. The number of aromatic nitrogens is 1. The van der Waals surface area contributed by atoms with Gasteiger partial charge in [-0.15, -0.1) is 0 Å². The third-order valence-corrected chi connectivity index (χ3v) is 4.00. The van der Waals surface area contributed by atoms with Crippen molar-refractivity contribution >= 4 is 5.82 Å². The van der Waals surface area contributed by atoms with E-state index in [1.165, 1.54) is 0 Å². The molecule has 0 radical (unpaired) electrons. The molecule has 4 heteroatoms. The molecule has 0 aromatic carbocycles.